The number of hydrogen-bond donors (Lipinski definition) is 1. The van der Waals surface area contributed by atoms with Crippen molar-refractivity contribution in [2.75, 3.05) is 5.32 Å². The van der Waals surface area contributed by atoms with Crippen molar-refractivity contribution in [2.45, 2.75) is 39.2 Å². The number of fused-ring (bicyclic) bond motifs is 1. The van der Waals surface area contributed by atoms with Crippen molar-refractivity contribution in [2.24, 2.45) is 0 Å². The van der Waals surface area contributed by atoms with Crippen molar-refractivity contribution < 1.29 is 22.7 Å². The Labute approximate surface area is 162 Å². The number of benzene rings is 1. The van der Waals surface area contributed by atoms with E-state index >= 15 is 0 Å². The van der Waals surface area contributed by atoms with Gasteiger partial charge in [-0.15, -0.1) is 0 Å². The molecule has 0 aliphatic rings. The number of aromatic nitrogens is 4. The summed E-state index contributed by atoms with van der Waals surface area (Å²) in [6.07, 6.45) is -1.99. The van der Waals surface area contributed by atoms with Crippen LogP contribution in [0.25, 0.3) is 10.9 Å². The molecule has 0 saturated heterocycles. The van der Waals surface area contributed by atoms with Gasteiger partial charge in [0.05, 0.1) is 11.6 Å². The smallest absolute Gasteiger partial charge is 0.408 e. The summed E-state index contributed by atoms with van der Waals surface area (Å²) in [7, 11) is 0. The van der Waals surface area contributed by atoms with Gasteiger partial charge in [-0.25, -0.2) is 9.78 Å². The number of alkyl halides is 3. The Kier molecular flexibility index (Phi) is 5.57. The Hall–Kier alpha value is -3.37. The highest BCUT2D eigenvalue weighted by atomic mass is 19.4. The lowest BCUT2D eigenvalue weighted by Gasteiger charge is -2.11. The molecule has 1 N–H and O–H groups in total. The van der Waals surface area contributed by atoms with Crippen LogP contribution in [0.4, 0.5) is 19.0 Å². The number of hydrogen-bond acceptors (Lipinski definition) is 5. The molecule has 1 aromatic carbocycles. The van der Waals surface area contributed by atoms with Crippen LogP contribution in [0.3, 0.4) is 0 Å². The molecule has 0 radical (unpaired) electrons. The van der Waals surface area contributed by atoms with Crippen LogP contribution >= 0.6 is 0 Å². The van der Waals surface area contributed by atoms with Crippen molar-refractivity contribution in [3.8, 4) is 5.75 Å². The highest BCUT2D eigenvalue weighted by molar-refractivity contribution is 6.00. The van der Waals surface area contributed by atoms with Crippen molar-refractivity contribution in [3.05, 3.63) is 47.1 Å². The molecule has 2 heterocycles. The molecule has 3 rings (SSSR count). The maximum atomic E-state index is 13.0. The first-order chi connectivity index (χ1) is 13.6. The SMILES string of the molecule is CC(C)Oc1ccc2c(NC(=O)Cn3cccnc3=O)nn(CC(F)(F)F)c2c1. The second-order valence-corrected chi connectivity index (χ2v) is 6.55. The fraction of sp³-hybridized carbons (Fsp3) is 0.333. The first-order valence-electron chi connectivity index (χ1n) is 8.67. The van der Waals surface area contributed by atoms with Crippen molar-refractivity contribution in [1.29, 1.82) is 0 Å². The molecule has 0 fully saturated rings. The van der Waals surface area contributed by atoms with Crippen LogP contribution in [-0.4, -0.2) is 37.5 Å². The standard InChI is InChI=1S/C18H18F3N5O3/c1-11(2)29-12-4-5-13-14(8-12)26(10-18(19,20)21)24-16(13)23-15(27)9-25-7-3-6-22-17(25)28/h3-8,11H,9-10H2,1-2H3,(H,23,24,27). The van der Waals surface area contributed by atoms with Crippen LogP contribution in [0, 0.1) is 0 Å². The number of amides is 1. The first-order valence-corrected chi connectivity index (χ1v) is 8.67. The molecule has 29 heavy (non-hydrogen) atoms. The zero-order valence-electron chi connectivity index (χ0n) is 15.6. The zero-order valence-corrected chi connectivity index (χ0v) is 15.6. The molecular weight excluding hydrogens is 391 g/mol. The maximum Gasteiger partial charge on any atom is 0.408 e. The molecule has 0 atom stereocenters. The van der Waals surface area contributed by atoms with E-state index in [0.717, 1.165) is 9.25 Å². The molecule has 3 aromatic rings. The minimum atomic E-state index is -4.50. The van der Waals surface area contributed by atoms with E-state index in [1.54, 1.807) is 19.9 Å². The molecule has 0 aliphatic carbocycles. The number of anilines is 1. The van der Waals surface area contributed by atoms with E-state index in [0.29, 0.717) is 11.1 Å². The minimum absolute atomic E-state index is 0.0395. The quantitative estimate of drug-likeness (QED) is 0.676. The number of nitrogens with zero attached hydrogens (tertiary/aromatic N) is 4. The maximum absolute atomic E-state index is 13.0. The van der Waals surface area contributed by atoms with E-state index < -0.39 is 24.3 Å². The molecular formula is C18H18F3N5O3. The summed E-state index contributed by atoms with van der Waals surface area (Å²) in [4.78, 5) is 27.4. The molecule has 154 valence electrons. The normalized spacial score (nSPS) is 11.8. The van der Waals surface area contributed by atoms with Gasteiger partial charge in [-0.05, 0) is 32.0 Å². The van der Waals surface area contributed by atoms with Gasteiger partial charge >= 0.3 is 11.9 Å². The molecule has 0 aliphatic heterocycles. The topological polar surface area (TPSA) is 91.0 Å². The predicted molar refractivity (Wildman–Crippen MR) is 98.7 cm³/mol. The Morgan fingerprint density at radius 3 is 2.72 bits per heavy atom. The number of carbonyl (C=O) groups excluding carboxylic acids is 1. The first kappa shape index (κ1) is 20.4. The molecule has 8 nitrogen and oxygen atoms in total. The van der Waals surface area contributed by atoms with Crippen LogP contribution in [-0.2, 0) is 17.9 Å². The lowest BCUT2D eigenvalue weighted by Crippen LogP contribution is -2.28. The van der Waals surface area contributed by atoms with E-state index in [1.807, 2.05) is 0 Å². The molecule has 0 bridgehead atoms. The van der Waals surface area contributed by atoms with Crippen LogP contribution in [0.15, 0.2) is 41.5 Å². The molecule has 11 heteroatoms. The van der Waals surface area contributed by atoms with Crippen LogP contribution in [0.2, 0.25) is 0 Å². The third-order valence-electron chi connectivity index (χ3n) is 3.78. The van der Waals surface area contributed by atoms with Crippen molar-refractivity contribution in [1.82, 2.24) is 19.3 Å². The monoisotopic (exact) mass is 409 g/mol. The van der Waals surface area contributed by atoms with Crippen LogP contribution in [0.1, 0.15) is 13.8 Å². The number of rotatable bonds is 6. The number of halogens is 3. The predicted octanol–water partition coefficient (Wildman–Crippen LogP) is 2.58. The van der Waals surface area contributed by atoms with Gasteiger partial charge in [0.2, 0.25) is 5.91 Å². The average Bonchev–Trinajstić information content (AvgIpc) is 2.91. The second kappa shape index (κ2) is 7.94. The van der Waals surface area contributed by atoms with E-state index in [2.05, 4.69) is 15.4 Å². The highest BCUT2D eigenvalue weighted by Crippen LogP contribution is 2.30. The van der Waals surface area contributed by atoms with E-state index in [-0.39, 0.29) is 24.0 Å². The lowest BCUT2D eigenvalue weighted by molar-refractivity contribution is -0.141. The minimum Gasteiger partial charge on any atom is -0.491 e. The zero-order chi connectivity index (χ0) is 21.2. The number of nitrogens with one attached hydrogen (secondary N) is 1. The van der Waals surface area contributed by atoms with Gasteiger partial charge in [0.25, 0.3) is 0 Å². The molecule has 1 amide bonds. The Balaban J connectivity index is 1.93. The van der Waals surface area contributed by atoms with Gasteiger partial charge in [-0.2, -0.15) is 18.3 Å². The average molecular weight is 409 g/mol. The van der Waals surface area contributed by atoms with Gasteiger partial charge in [0.15, 0.2) is 5.82 Å². The summed E-state index contributed by atoms with van der Waals surface area (Å²) in [6.45, 7) is 1.91. The van der Waals surface area contributed by atoms with E-state index in [4.69, 9.17) is 4.74 Å². The second-order valence-electron chi connectivity index (χ2n) is 6.55. The van der Waals surface area contributed by atoms with Crippen LogP contribution < -0.4 is 15.7 Å². The summed E-state index contributed by atoms with van der Waals surface area (Å²) in [5.41, 5.74) is -0.458. The summed E-state index contributed by atoms with van der Waals surface area (Å²) in [5.74, 6) is -0.279. The van der Waals surface area contributed by atoms with E-state index in [9.17, 15) is 22.8 Å². The molecule has 0 saturated carbocycles. The summed E-state index contributed by atoms with van der Waals surface area (Å²) >= 11 is 0. The van der Waals surface area contributed by atoms with Crippen LogP contribution in [0.5, 0.6) is 5.75 Å². The fourth-order valence-corrected chi connectivity index (χ4v) is 2.72. The van der Waals surface area contributed by atoms with Crippen molar-refractivity contribution in [3.63, 3.8) is 0 Å². The van der Waals surface area contributed by atoms with Gasteiger partial charge in [0.1, 0.15) is 18.8 Å². The van der Waals surface area contributed by atoms with E-state index in [1.165, 1.54) is 30.6 Å². The number of ether oxygens (including phenoxy) is 1. The van der Waals surface area contributed by atoms with Crippen molar-refractivity contribution >= 4 is 22.6 Å². The molecule has 0 spiro atoms. The van der Waals surface area contributed by atoms with Gasteiger partial charge in [0, 0.05) is 23.8 Å². The van der Waals surface area contributed by atoms with Gasteiger partial charge in [-0.1, -0.05) is 0 Å². The fourth-order valence-electron chi connectivity index (χ4n) is 2.72. The highest BCUT2D eigenvalue weighted by Gasteiger charge is 2.30. The summed E-state index contributed by atoms with van der Waals surface area (Å²) in [5, 5.41) is 6.68. The molecule has 2 aromatic heterocycles. The van der Waals surface area contributed by atoms with Gasteiger partial charge < -0.3 is 10.1 Å². The third-order valence-corrected chi connectivity index (χ3v) is 3.78. The third kappa shape index (κ3) is 5.12. The Bertz CT molecular complexity index is 1090. The summed E-state index contributed by atoms with van der Waals surface area (Å²) < 4.78 is 46.2. The largest absolute Gasteiger partial charge is 0.491 e. The lowest BCUT2D eigenvalue weighted by atomic mass is 10.2. The van der Waals surface area contributed by atoms with Gasteiger partial charge in [-0.3, -0.25) is 14.0 Å². The Morgan fingerprint density at radius 2 is 2.07 bits per heavy atom. The number of carbonyl (C=O) groups is 1. The Morgan fingerprint density at radius 1 is 1.31 bits per heavy atom. The molecule has 0 unspecified atom stereocenters. The summed E-state index contributed by atoms with van der Waals surface area (Å²) in [6, 6.07) is 6.04.